The molecule has 194 valence electrons. The zero-order chi connectivity index (χ0) is 26.5. The van der Waals surface area contributed by atoms with E-state index in [1.54, 1.807) is 0 Å². The Morgan fingerprint density at radius 1 is 1.06 bits per heavy atom. The molecule has 1 aromatic heterocycles. The standard InChI is InChI=1S/C19H32N10O6/c1-9(18(34)35)27-17(33)13(5-10-7-24-8-26-10)29-16(32)12(3-2-4-25-19(22)23)28-15(31)11(20)6-14(21)30/h7-9,11-13H,2-6,20H2,1H3,(H2,21,30)(H,24,26)(H,27,33)(H,28,31)(H,29,32)(H,34,35)(H4,22,23,25). The molecule has 0 saturated carbocycles. The third-order valence-electron chi connectivity index (χ3n) is 4.68. The Morgan fingerprint density at radius 3 is 2.23 bits per heavy atom. The predicted octanol–water partition coefficient (Wildman–Crippen LogP) is -4.23. The molecule has 0 bridgehead atoms. The maximum absolute atomic E-state index is 13.0. The summed E-state index contributed by atoms with van der Waals surface area (Å²) in [5.41, 5.74) is 21.8. The van der Waals surface area contributed by atoms with Gasteiger partial charge in [-0.2, -0.15) is 0 Å². The second-order valence-corrected chi connectivity index (χ2v) is 7.70. The number of nitrogens with two attached hydrogens (primary N) is 4. The Balaban J connectivity index is 3.03. The van der Waals surface area contributed by atoms with Crippen LogP contribution in [0, 0.1) is 0 Å². The number of aromatic amines is 1. The minimum Gasteiger partial charge on any atom is -0.480 e. The number of carboxylic acid groups (broad SMARTS) is 1. The Bertz CT molecular complexity index is 915. The zero-order valence-electron chi connectivity index (χ0n) is 19.2. The second kappa shape index (κ2) is 14.1. The summed E-state index contributed by atoms with van der Waals surface area (Å²) in [6.07, 6.45) is 2.66. The van der Waals surface area contributed by atoms with Crippen LogP contribution >= 0.6 is 0 Å². The molecule has 1 aromatic rings. The maximum Gasteiger partial charge on any atom is 0.325 e. The SMILES string of the molecule is CC(NC(=O)C(Cc1cnc[nH]1)NC(=O)C(CCCN=C(N)N)NC(=O)C(N)CC(N)=O)C(=O)O. The van der Waals surface area contributed by atoms with Gasteiger partial charge in [0.25, 0.3) is 0 Å². The van der Waals surface area contributed by atoms with Crippen molar-refractivity contribution in [2.45, 2.75) is 56.8 Å². The van der Waals surface area contributed by atoms with Crippen LogP contribution < -0.4 is 38.9 Å². The number of nitrogens with zero attached hydrogens (tertiary/aromatic N) is 2. The Labute approximate surface area is 200 Å². The average molecular weight is 497 g/mol. The number of rotatable bonds is 15. The van der Waals surface area contributed by atoms with Crippen LogP contribution in [-0.2, 0) is 30.4 Å². The van der Waals surface area contributed by atoms with Crippen LogP contribution in [0.2, 0.25) is 0 Å². The first-order valence-electron chi connectivity index (χ1n) is 10.6. The number of hydrogen-bond acceptors (Lipinski definition) is 8. The number of primary amides is 1. The van der Waals surface area contributed by atoms with Gasteiger partial charge in [-0.3, -0.25) is 29.0 Å². The van der Waals surface area contributed by atoms with E-state index in [1.807, 2.05) is 0 Å². The summed E-state index contributed by atoms with van der Waals surface area (Å²) in [7, 11) is 0. The van der Waals surface area contributed by atoms with Gasteiger partial charge in [0.15, 0.2) is 5.96 Å². The largest absolute Gasteiger partial charge is 0.480 e. The van der Waals surface area contributed by atoms with Crippen molar-refractivity contribution in [1.29, 1.82) is 0 Å². The van der Waals surface area contributed by atoms with Gasteiger partial charge in [-0.25, -0.2) is 4.98 Å². The van der Waals surface area contributed by atoms with Crippen LogP contribution in [0.25, 0.3) is 0 Å². The van der Waals surface area contributed by atoms with Crippen LogP contribution in [0.1, 0.15) is 31.9 Å². The number of guanidine groups is 1. The summed E-state index contributed by atoms with van der Waals surface area (Å²) >= 11 is 0. The van der Waals surface area contributed by atoms with E-state index in [1.165, 1.54) is 19.4 Å². The lowest BCUT2D eigenvalue weighted by molar-refractivity contribution is -0.141. The lowest BCUT2D eigenvalue weighted by atomic mass is 10.1. The van der Waals surface area contributed by atoms with Gasteiger partial charge in [-0.05, 0) is 19.8 Å². The number of aromatic nitrogens is 2. The Hall–Kier alpha value is -4.21. The summed E-state index contributed by atoms with van der Waals surface area (Å²) in [6.45, 7) is 1.42. The number of H-pyrrole nitrogens is 1. The molecule has 0 radical (unpaired) electrons. The van der Waals surface area contributed by atoms with Crippen molar-refractivity contribution in [2.75, 3.05) is 6.54 Å². The van der Waals surface area contributed by atoms with Crippen LogP contribution in [0.15, 0.2) is 17.5 Å². The number of carboxylic acids is 1. The van der Waals surface area contributed by atoms with Crippen molar-refractivity contribution in [1.82, 2.24) is 25.9 Å². The van der Waals surface area contributed by atoms with Crippen molar-refractivity contribution in [3.63, 3.8) is 0 Å². The lowest BCUT2D eigenvalue weighted by Gasteiger charge is -2.24. The van der Waals surface area contributed by atoms with E-state index in [2.05, 4.69) is 30.9 Å². The number of carbonyl (C=O) groups is 5. The number of imidazole rings is 1. The van der Waals surface area contributed by atoms with Crippen LogP contribution in [-0.4, -0.2) is 81.3 Å². The number of aliphatic imine (C=N–C) groups is 1. The summed E-state index contributed by atoms with van der Waals surface area (Å²) in [6, 6.07) is -4.89. The molecule has 4 atom stereocenters. The van der Waals surface area contributed by atoms with Crippen molar-refractivity contribution >= 4 is 35.6 Å². The van der Waals surface area contributed by atoms with Crippen molar-refractivity contribution < 1.29 is 29.1 Å². The fourth-order valence-corrected chi connectivity index (χ4v) is 2.83. The number of amides is 4. The first-order chi connectivity index (χ1) is 16.4. The van der Waals surface area contributed by atoms with Crippen LogP contribution in [0.5, 0.6) is 0 Å². The minimum atomic E-state index is -1.29. The minimum absolute atomic E-state index is 0.0419. The molecule has 0 spiro atoms. The third-order valence-corrected chi connectivity index (χ3v) is 4.68. The van der Waals surface area contributed by atoms with Crippen molar-refractivity contribution in [2.24, 2.45) is 27.9 Å². The molecule has 16 nitrogen and oxygen atoms in total. The number of aliphatic carboxylic acids is 1. The van der Waals surface area contributed by atoms with Crippen LogP contribution in [0.3, 0.4) is 0 Å². The molecule has 4 unspecified atom stereocenters. The van der Waals surface area contributed by atoms with Gasteiger partial charge in [-0.1, -0.05) is 0 Å². The summed E-state index contributed by atoms with van der Waals surface area (Å²) < 4.78 is 0. The molecule has 0 aliphatic heterocycles. The fraction of sp³-hybridized carbons (Fsp3) is 0.526. The van der Waals surface area contributed by atoms with E-state index in [-0.39, 0.29) is 31.8 Å². The first kappa shape index (κ1) is 28.8. The Kier molecular flexibility index (Phi) is 11.6. The molecule has 0 aliphatic carbocycles. The topological polar surface area (TPSA) is 287 Å². The van der Waals surface area contributed by atoms with E-state index in [0.717, 1.165) is 0 Å². The molecule has 16 heteroatoms. The van der Waals surface area contributed by atoms with E-state index in [0.29, 0.717) is 5.69 Å². The number of carbonyl (C=O) groups excluding carboxylic acids is 4. The second-order valence-electron chi connectivity index (χ2n) is 7.70. The van der Waals surface area contributed by atoms with Gasteiger partial charge in [0.05, 0.1) is 18.8 Å². The Morgan fingerprint density at radius 2 is 1.69 bits per heavy atom. The highest BCUT2D eigenvalue weighted by molar-refractivity contribution is 5.95. The van der Waals surface area contributed by atoms with Crippen LogP contribution in [0.4, 0.5) is 0 Å². The highest BCUT2D eigenvalue weighted by Crippen LogP contribution is 2.05. The third kappa shape index (κ3) is 11.0. The normalized spacial score (nSPS) is 14.0. The summed E-state index contributed by atoms with van der Waals surface area (Å²) in [5.74, 6) is -4.54. The quantitative estimate of drug-likeness (QED) is 0.0640. The highest BCUT2D eigenvalue weighted by Gasteiger charge is 2.30. The average Bonchev–Trinajstić information content (AvgIpc) is 3.27. The molecule has 13 N–H and O–H groups in total. The molecular weight excluding hydrogens is 464 g/mol. The predicted molar refractivity (Wildman–Crippen MR) is 123 cm³/mol. The zero-order valence-corrected chi connectivity index (χ0v) is 19.2. The first-order valence-corrected chi connectivity index (χ1v) is 10.6. The summed E-state index contributed by atoms with van der Waals surface area (Å²) in [4.78, 5) is 70.8. The molecule has 0 aliphatic rings. The van der Waals surface area contributed by atoms with Gasteiger partial charge in [0, 0.05) is 24.9 Å². The molecular formula is C19H32N10O6. The number of hydrogen-bond donors (Lipinski definition) is 9. The molecule has 1 heterocycles. The van der Waals surface area contributed by atoms with Crippen molar-refractivity contribution in [3.8, 4) is 0 Å². The highest BCUT2D eigenvalue weighted by atomic mass is 16.4. The van der Waals surface area contributed by atoms with Gasteiger partial charge in [-0.15, -0.1) is 0 Å². The maximum atomic E-state index is 13.0. The lowest BCUT2D eigenvalue weighted by Crippen LogP contribution is -2.57. The molecule has 0 fully saturated rings. The monoisotopic (exact) mass is 496 g/mol. The summed E-state index contributed by atoms with van der Waals surface area (Å²) in [5, 5.41) is 16.3. The molecule has 35 heavy (non-hydrogen) atoms. The molecule has 0 saturated heterocycles. The van der Waals surface area contributed by atoms with Crippen molar-refractivity contribution in [3.05, 3.63) is 18.2 Å². The van der Waals surface area contributed by atoms with E-state index < -0.39 is 60.2 Å². The van der Waals surface area contributed by atoms with Gasteiger partial charge >= 0.3 is 5.97 Å². The van der Waals surface area contributed by atoms with E-state index >= 15 is 0 Å². The van der Waals surface area contributed by atoms with E-state index in [9.17, 15) is 24.0 Å². The van der Waals surface area contributed by atoms with E-state index in [4.69, 9.17) is 28.0 Å². The number of nitrogens with one attached hydrogen (secondary N) is 4. The molecule has 1 rings (SSSR count). The van der Waals surface area contributed by atoms with Gasteiger partial charge in [0.1, 0.15) is 18.1 Å². The molecule has 0 aromatic carbocycles. The van der Waals surface area contributed by atoms with Gasteiger partial charge < -0.3 is 49.0 Å². The van der Waals surface area contributed by atoms with Gasteiger partial charge in [0.2, 0.25) is 23.6 Å². The smallest absolute Gasteiger partial charge is 0.325 e. The molecule has 4 amide bonds. The fourth-order valence-electron chi connectivity index (χ4n) is 2.83.